The molecule has 20 heavy (non-hydrogen) atoms. The van der Waals surface area contributed by atoms with E-state index in [1.54, 1.807) is 13.2 Å². The largest absolute Gasteiger partial charge is 0.496 e. The Labute approximate surface area is 124 Å². The van der Waals surface area contributed by atoms with Gasteiger partial charge >= 0.3 is 0 Å². The molecule has 0 aliphatic carbocycles. The second-order valence-corrected chi connectivity index (χ2v) is 5.01. The Morgan fingerprint density at radius 2 is 2.00 bits per heavy atom. The number of nitrogens with one attached hydrogen (secondary N) is 1. The number of aryl methyl sites for hydroxylation is 1. The van der Waals surface area contributed by atoms with Crippen molar-refractivity contribution < 1.29 is 9.84 Å². The second-order valence-electron chi connectivity index (χ2n) is 4.60. The first-order chi connectivity index (χ1) is 9.65. The Kier molecular flexibility index (Phi) is 4.88. The smallest absolute Gasteiger partial charge is 0.125 e. The quantitative estimate of drug-likeness (QED) is 0.880. The summed E-state index contributed by atoms with van der Waals surface area (Å²) in [5.41, 5.74) is 2.85. The van der Waals surface area contributed by atoms with Crippen LogP contribution < -0.4 is 10.1 Å². The number of hydrogen-bond donors (Lipinski definition) is 2. The number of rotatable bonds is 5. The maximum atomic E-state index is 9.68. The van der Waals surface area contributed by atoms with Gasteiger partial charge in [0.2, 0.25) is 0 Å². The highest BCUT2D eigenvalue weighted by Gasteiger charge is 2.18. The van der Waals surface area contributed by atoms with E-state index >= 15 is 0 Å². The van der Waals surface area contributed by atoms with E-state index in [1.807, 2.05) is 43.3 Å². The maximum absolute atomic E-state index is 9.68. The van der Waals surface area contributed by atoms with E-state index in [0.717, 1.165) is 16.8 Å². The van der Waals surface area contributed by atoms with Gasteiger partial charge in [-0.2, -0.15) is 0 Å². The van der Waals surface area contributed by atoms with E-state index < -0.39 is 0 Å². The molecule has 2 aromatic carbocycles. The number of aliphatic hydroxyl groups excluding tert-OH is 1. The van der Waals surface area contributed by atoms with Crippen LogP contribution >= 0.6 is 11.6 Å². The van der Waals surface area contributed by atoms with Crippen LogP contribution in [0.4, 0.5) is 5.69 Å². The molecule has 1 unspecified atom stereocenters. The van der Waals surface area contributed by atoms with E-state index in [1.165, 1.54) is 0 Å². The van der Waals surface area contributed by atoms with E-state index in [4.69, 9.17) is 16.3 Å². The molecule has 0 spiro atoms. The van der Waals surface area contributed by atoms with Crippen molar-refractivity contribution in [2.75, 3.05) is 19.0 Å². The predicted molar refractivity (Wildman–Crippen MR) is 82.6 cm³/mol. The molecule has 0 bridgehead atoms. The van der Waals surface area contributed by atoms with Crippen LogP contribution in [0.15, 0.2) is 42.5 Å². The topological polar surface area (TPSA) is 41.5 Å². The van der Waals surface area contributed by atoms with Crippen LogP contribution in [0, 0.1) is 6.92 Å². The maximum Gasteiger partial charge on any atom is 0.125 e. The standard InChI is InChI=1S/C16H18ClNO2/c1-11-5-3-6-12(9-11)18-14(10-19)16-13(17)7-4-8-15(16)20-2/h3-9,14,18-19H,10H2,1-2H3. The predicted octanol–water partition coefficient (Wildman–Crippen LogP) is 3.80. The van der Waals surface area contributed by atoms with Crippen LogP contribution in [0.5, 0.6) is 5.75 Å². The number of aliphatic hydroxyl groups is 1. The van der Waals surface area contributed by atoms with Gasteiger partial charge < -0.3 is 15.2 Å². The summed E-state index contributed by atoms with van der Waals surface area (Å²) in [6, 6.07) is 13.1. The van der Waals surface area contributed by atoms with Gasteiger partial charge in [-0.15, -0.1) is 0 Å². The van der Waals surface area contributed by atoms with Crippen molar-refractivity contribution in [1.82, 2.24) is 0 Å². The molecule has 0 aliphatic heterocycles. The van der Waals surface area contributed by atoms with Gasteiger partial charge in [0.15, 0.2) is 0 Å². The van der Waals surface area contributed by atoms with Gasteiger partial charge in [-0.05, 0) is 36.8 Å². The normalized spacial score (nSPS) is 12.0. The lowest BCUT2D eigenvalue weighted by Crippen LogP contribution is -2.16. The fourth-order valence-electron chi connectivity index (χ4n) is 2.18. The minimum absolute atomic E-state index is 0.0754. The molecular weight excluding hydrogens is 274 g/mol. The van der Waals surface area contributed by atoms with Crippen LogP contribution in [0.25, 0.3) is 0 Å². The molecular formula is C16H18ClNO2. The van der Waals surface area contributed by atoms with Crippen molar-refractivity contribution in [1.29, 1.82) is 0 Å². The van der Waals surface area contributed by atoms with Gasteiger partial charge in [-0.3, -0.25) is 0 Å². The number of hydrogen-bond acceptors (Lipinski definition) is 3. The molecule has 1 atom stereocenters. The van der Waals surface area contributed by atoms with Gasteiger partial charge in [0.05, 0.1) is 19.8 Å². The van der Waals surface area contributed by atoms with Crippen molar-refractivity contribution in [2.24, 2.45) is 0 Å². The minimum Gasteiger partial charge on any atom is -0.496 e. The molecule has 0 fully saturated rings. The van der Waals surface area contributed by atoms with Crippen LogP contribution in [-0.2, 0) is 0 Å². The Morgan fingerprint density at radius 3 is 2.65 bits per heavy atom. The van der Waals surface area contributed by atoms with Crippen LogP contribution in [0.2, 0.25) is 5.02 Å². The molecule has 0 aliphatic rings. The lowest BCUT2D eigenvalue weighted by atomic mass is 10.1. The number of halogens is 1. The highest BCUT2D eigenvalue weighted by Crippen LogP contribution is 2.33. The summed E-state index contributed by atoms with van der Waals surface area (Å²) in [6.07, 6.45) is 0. The van der Waals surface area contributed by atoms with E-state index in [9.17, 15) is 5.11 Å². The zero-order chi connectivity index (χ0) is 14.5. The van der Waals surface area contributed by atoms with Gasteiger partial charge in [-0.1, -0.05) is 29.8 Å². The number of anilines is 1. The average Bonchev–Trinajstić information content (AvgIpc) is 2.45. The summed E-state index contributed by atoms with van der Waals surface area (Å²) in [7, 11) is 1.59. The number of benzene rings is 2. The fraction of sp³-hybridized carbons (Fsp3) is 0.250. The highest BCUT2D eigenvalue weighted by molar-refractivity contribution is 6.31. The monoisotopic (exact) mass is 291 g/mol. The van der Waals surface area contributed by atoms with Gasteiger partial charge in [0, 0.05) is 16.3 Å². The van der Waals surface area contributed by atoms with Crippen LogP contribution in [0.3, 0.4) is 0 Å². The average molecular weight is 292 g/mol. The number of ether oxygens (including phenoxy) is 1. The molecule has 2 N–H and O–H groups in total. The van der Waals surface area contributed by atoms with Crippen LogP contribution in [0.1, 0.15) is 17.2 Å². The van der Waals surface area contributed by atoms with Gasteiger partial charge in [-0.25, -0.2) is 0 Å². The Hall–Kier alpha value is -1.71. The SMILES string of the molecule is COc1cccc(Cl)c1C(CO)Nc1cccc(C)c1. The summed E-state index contributed by atoms with van der Waals surface area (Å²) in [5, 5.41) is 13.5. The molecule has 0 saturated carbocycles. The summed E-state index contributed by atoms with van der Waals surface area (Å²) in [4.78, 5) is 0. The Morgan fingerprint density at radius 1 is 1.25 bits per heavy atom. The molecule has 2 aromatic rings. The molecule has 2 rings (SSSR count). The molecule has 0 aromatic heterocycles. The molecule has 0 saturated heterocycles. The first kappa shape index (κ1) is 14.7. The first-order valence-electron chi connectivity index (χ1n) is 6.42. The molecule has 3 nitrogen and oxygen atoms in total. The highest BCUT2D eigenvalue weighted by atomic mass is 35.5. The van der Waals surface area contributed by atoms with E-state index in [-0.39, 0.29) is 12.6 Å². The lowest BCUT2D eigenvalue weighted by molar-refractivity contribution is 0.273. The zero-order valence-electron chi connectivity index (χ0n) is 11.6. The Bertz CT molecular complexity index is 586. The van der Waals surface area contributed by atoms with E-state index in [2.05, 4.69) is 5.32 Å². The summed E-state index contributed by atoms with van der Waals surface area (Å²) in [6.45, 7) is 1.95. The van der Waals surface area contributed by atoms with Crippen molar-refractivity contribution in [2.45, 2.75) is 13.0 Å². The third kappa shape index (κ3) is 3.24. The zero-order valence-corrected chi connectivity index (χ0v) is 12.3. The second kappa shape index (κ2) is 6.64. The van der Waals surface area contributed by atoms with Crippen molar-refractivity contribution in [3.8, 4) is 5.75 Å². The third-order valence-electron chi connectivity index (χ3n) is 3.12. The number of methoxy groups -OCH3 is 1. The molecule has 0 radical (unpaired) electrons. The molecule has 0 amide bonds. The molecule has 106 valence electrons. The van der Waals surface area contributed by atoms with Gasteiger partial charge in [0.1, 0.15) is 5.75 Å². The minimum atomic E-state index is -0.319. The van der Waals surface area contributed by atoms with Gasteiger partial charge in [0.25, 0.3) is 0 Å². The molecule has 0 heterocycles. The van der Waals surface area contributed by atoms with Crippen molar-refractivity contribution >= 4 is 17.3 Å². The van der Waals surface area contributed by atoms with Crippen molar-refractivity contribution in [3.63, 3.8) is 0 Å². The Balaban J connectivity index is 2.33. The fourth-order valence-corrected chi connectivity index (χ4v) is 2.48. The molecule has 4 heteroatoms. The summed E-state index contributed by atoms with van der Waals surface area (Å²) in [5.74, 6) is 0.664. The van der Waals surface area contributed by atoms with E-state index in [0.29, 0.717) is 10.8 Å². The van der Waals surface area contributed by atoms with Crippen LogP contribution in [-0.4, -0.2) is 18.8 Å². The summed E-state index contributed by atoms with van der Waals surface area (Å²) >= 11 is 6.25. The summed E-state index contributed by atoms with van der Waals surface area (Å²) < 4.78 is 5.33. The van der Waals surface area contributed by atoms with Crippen molar-refractivity contribution in [3.05, 3.63) is 58.6 Å². The first-order valence-corrected chi connectivity index (χ1v) is 6.80. The third-order valence-corrected chi connectivity index (χ3v) is 3.45. The lowest BCUT2D eigenvalue weighted by Gasteiger charge is -2.21.